The van der Waals surface area contributed by atoms with E-state index in [1.54, 1.807) is 0 Å². The van der Waals surface area contributed by atoms with E-state index in [0.717, 1.165) is 26.2 Å². The summed E-state index contributed by atoms with van der Waals surface area (Å²) in [4.78, 5) is 5.10. The molecule has 3 rings (SSSR count). The smallest absolute Gasteiger partial charge is 0.0622 e. The third-order valence-electron chi connectivity index (χ3n) is 5.63. The lowest BCUT2D eigenvalue weighted by atomic mass is 9.82. The standard InChI is InChI=1S/C20H34N4/c1-15-13-24(14-16(2)22-15)17-6-7-18(21-5)19(12-17)23-10-8-20(3,4)9-11-23/h6-7,12,15-16,21-22H,8-11,13-14H2,1-5H3. The minimum atomic E-state index is 0.483. The fraction of sp³-hybridized carbons (Fsp3) is 0.700. The van der Waals surface area contributed by atoms with Gasteiger partial charge in [-0.3, -0.25) is 0 Å². The molecule has 0 spiro atoms. The van der Waals surface area contributed by atoms with E-state index < -0.39 is 0 Å². The van der Waals surface area contributed by atoms with Gasteiger partial charge in [-0.25, -0.2) is 0 Å². The van der Waals surface area contributed by atoms with E-state index in [-0.39, 0.29) is 0 Å². The lowest BCUT2D eigenvalue weighted by Gasteiger charge is -2.40. The molecule has 1 aromatic rings. The van der Waals surface area contributed by atoms with Crippen LogP contribution in [0.5, 0.6) is 0 Å². The average molecular weight is 331 g/mol. The monoisotopic (exact) mass is 330 g/mol. The van der Waals surface area contributed by atoms with Crippen LogP contribution in [0, 0.1) is 5.41 Å². The zero-order chi connectivity index (χ0) is 17.3. The Morgan fingerprint density at radius 1 is 1.04 bits per heavy atom. The number of rotatable bonds is 3. The van der Waals surface area contributed by atoms with Gasteiger partial charge in [0.15, 0.2) is 0 Å². The number of hydrogen-bond donors (Lipinski definition) is 2. The van der Waals surface area contributed by atoms with Gasteiger partial charge in [-0.2, -0.15) is 0 Å². The van der Waals surface area contributed by atoms with E-state index in [1.165, 1.54) is 29.9 Å². The first-order valence-corrected chi connectivity index (χ1v) is 9.46. The summed E-state index contributed by atoms with van der Waals surface area (Å²) in [6, 6.07) is 8.00. The van der Waals surface area contributed by atoms with Crippen molar-refractivity contribution < 1.29 is 0 Å². The van der Waals surface area contributed by atoms with E-state index in [9.17, 15) is 0 Å². The SMILES string of the molecule is CNc1ccc(N2CC(C)NC(C)C2)cc1N1CCC(C)(C)CC1. The molecule has 2 fully saturated rings. The lowest BCUT2D eigenvalue weighted by Crippen LogP contribution is -2.54. The van der Waals surface area contributed by atoms with E-state index in [0.29, 0.717) is 17.5 Å². The van der Waals surface area contributed by atoms with Crippen LogP contribution < -0.4 is 20.4 Å². The molecule has 4 heteroatoms. The number of hydrogen-bond acceptors (Lipinski definition) is 4. The van der Waals surface area contributed by atoms with Crippen LogP contribution in [-0.2, 0) is 0 Å². The fourth-order valence-corrected chi connectivity index (χ4v) is 4.08. The van der Waals surface area contributed by atoms with Crippen molar-refractivity contribution in [2.24, 2.45) is 5.41 Å². The molecule has 134 valence electrons. The Morgan fingerprint density at radius 3 is 2.25 bits per heavy atom. The molecule has 2 saturated heterocycles. The maximum atomic E-state index is 3.62. The van der Waals surface area contributed by atoms with Gasteiger partial charge in [-0.05, 0) is 50.3 Å². The maximum Gasteiger partial charge on any atom is 0.0622 e. The number of piperidine rings is 1. The van der Waals surface area contributed by atoms with Gasteiger partial charge in [-0.1, -0.05) is 13.8 Å². The van der Waals surface area contributed by atoms with Gasteiger partial charge in [0.2, 0.25) is 0 Å². The number of nitrogens with zero attached hydrogens (tertiary/aromatic N) is 2. The number of anilines is 3. The molecule has 2 atom stereocenters. The van der Waals surface area contributed by atoms with Crippen LogP contribution in [0.3, 0.4) is 0 Å². The minimum Gasteiger partial charge on any atom is -0.386 e. The van der Waals surface area contributed by atoms with Crippen molar-refractivity contribution in [1.82, 2.24) is 5.32 Å². The largest absolute Gasteiger partial charge is 0.386 e. The van der Waals surface area contributed by atoms with Crippen LogP contribution in [-0.4, -0.2) is 45.3 Å². The minimum absolute atomic E-state index is 0.483. The number of nitrogens with one attached hydrogen (secondary N) is 2. The third-order valence-corrected chi connectivity index (χ3v) is 5.63. The Morgan fingerprint density at radius 2 is 1.67 bits per heavy atom. The first-order valence-electron chi connectivity index (χ1n) is 9.46. The molecule has 2 aliphatic heterocycles. The van der Waals surface area contributed by atoms with Crippen LogP contribution in [0.1, 0.15) is 40.5 Å². The summed E-state index contributed by atoms with van der Waals surface area (Å²) in [6.07, 6.45) is 2.53. The van der Waals surface area contributed by atoms with E-state index >= 15 is 0 Å². The second-order valence-corrected chi connectivity index (χ2v) is 8.48. The summed E-state index contributed by atoms with van der Waals surface area (Å²) in [5.41, 5.74) is 4.45. The third kappa shape index (κ3) is 3.80. The highest BCUT2D eigenvalue weighted by Crippen LogP contribution is 2.37. The summed E-state index contributed by atoms with van der Waals surface area (Å²) in [7, 11) is 2.03. The van der Waals surface area contributed by atoms with Gasteiger partial charge in [0.1, 0.15) is 0 Å². The molecule has 0 saturated carbocycles. The molecule has 1 aromatic carbocycles. The molecule has 0 bridgehead atoms. The molecule has 2 unspecified atom stereocenters. The molecule has 0 aliphatic carbocycles. The highest BCUT2D eigenvalue weighted by atomic mass is 15.2. The first-order chi connectivity index (χ1) is 11.4. The Labute approximate surface area is 147 Å². The topological polar surface area (TPSA) is 30.5 Å². The fourth-order valence-electron chi connectivity index (χ4n) is 4.08. The molecule has 2 heterocycles. The molecule has 0 amide bonds. The van der Waals surface area contributed by atoms with E-state index in [4.69, 9.17) is 0 Å². The van der Waals surface area contributed by atoms with Gasteiger partial charge in [-0.15, -0.1) is 0 Å². The Hall–Kier alpha value is -1.42. The summed E-state index contributed by atoms with van der Waals surface area (Å²) in [5, 5.41) is 7.01. The van der Waals surface area contributed by atoms with Crippen LogP contribution in [0.15, 0.2) is 18.2 Å². The predicted octanol–water partition coefficient (Wildman–Crippen LogP) is 3.54. The van der Waals surface area contributed by atoms with Crippen molar-refractivity contribution in [1.29, 1.82) is 0 Å². The maximum absolute atomic E-state index is 3.62. The summed E-state index contributed by atoms with van der Waals surface area (Å²) < 4.78 is 0. The van der Waals surface area contributed by atoms with Crippen LogP contribution in [0.4, 0.5) is 17.1 Å². The molecule has 4 nitrogen and oxygen atoms in total. The zero-order valence-electron chi connectivity index (χ0n) is 16.0. The highest BCUT2D eigenvalue weighted by Gasteiger charge is 2.27. The van der Waals surface area contributed by atoms with Crippen molar-refractivity contribution in [2.75, 3.05) is 48.3 Å². The molecule has 2 aliphatic rings. The number of piperazine rings is 1. The molecule has 24 heavy (non-hydrogen) atoms. The Balaban J connectivity index is 1.83. The summed E-state index contributed by atoms with van der Waals surface area (Å²) >= 11 is 0. The molecule has 2 N–H and O–H groups in total. The number of benzene rings is 1. The first kappa shape index (κ1) is 17.4. The van der Waals surface area contributed by atoms with Crippen molar-refractivity contribution in [3.8, 4) is 0 Å². The molecular formula is C20H34N4. The van der Waals surface area contributed by atoms with Crippen molar-refractivity contribution in [3.05, 3.63) is 18.2 Å². The lowest BCUT2D eigenvalue weighted by molar-refractivity contribution is 0.280. The van der Waals surface area contributed by atoms with E-state index in [2.05, 4.69) is 66.3 Å². The Kier molecular flexibility index (Phi) is 4.95. The highest BCUT2D eigenvalue weighted by molar-refractivity contribution is 5.75. The van der Waals surface area contributed by atoms with Crippen molar-refractivity contribution in [2.45, 2.75) is 52.6 Å². The second-order valence-electron chi connectivity index (χ2n) is 8.48. The van der Waals surface area contributed by atoms with Crippen molar-refractivity contribution in [3.63, 3.8) is 0 Å². The predicted molar refractivity (Wildman–Crippen MR) is 105 cm³/mol. The molecule has 0 aromatic heterocycles. The van der Waals surface area contributed by atoms with Gasteiger partial charge >= 0.3 is 0 Å². The van der Waals surface area contributed by atoms with Crippen LogP contribution in [0.2, 0.25) is 0 Å². The van der Waals surface area contributed by atoms with Gasteiger partial charge in [0, 0.05) is 51.0 Å². The normalized spacial score (nSPS) is 27.2. The summed E-state index contributed by atoms with van der Waals surface area (Å²) in [5.74, 6) is 0. The van der Waals surface area contributed by atoms with Crippen LogP contribution >= 0.6 is 0 Å². The zero-order valence-corrected chi connectivity index (χ0v) is 16.0. The van der Waals surface area contributed by atoms with E-state index in [1.807, 2.05) is 7.05 Å². The quantitative estimate of drug-likeness (QED) is 0.887. The molecule has 0 radical (unpaired) electrons. The van der Waals surface area contributed by atoms with Crippen LogP contribution in [0.25, 0.3) is 0 Å². The Bertz CT molecular complexity index is 549. The average Bonchev–Trinajstić information content (AvgIpc) is 2.53. The van der Waals surface area contributed by atoms with Gasteiger partial charge in [0.05, 0.1) is 11.4 Å². The summed E-state index contributed by atoms with van der Waals surface area (Å²) in [6.45, 7) is 13.8. The van der Waals surface area contributed by atoms with Gasteiger partial charge in [0.25, 0.3) is 0 Å². The molecular weight excluding hydrogens is 296 g/mol. The van der Waals surface area contributed by atoms with Crippen molar-refractivity contribution >= 4 is 17.1 Å². The van der Waals surface area contributed by atoms with Gasteiger partial charge < -0.3 is 20.4 Å². The second kappa shape index (κ2) is 6.83.